The van der Waals surface area contributed by atoms with E-state index in [1.807, 2.05) is 72.8 Å². The van der Waals surface area contributed by atoms with Gasteiger partial charge in [-0.25, -0.2) is 15.0 Å². The first-order valence-corrected chi connectivity index (χ1v) is 21.4. The van der Waals surface area contributed by atoms with Crippen molar-refractivity contribution >= 4 is 60.7 Å². The van der Waals surface area contributed by atoms with Crippen LogP contribution in [0, 0.1) is 0 Å². The molecule has 4 heterocycles. The Hall–Kier alpha value is -8.81. The summed E-state index contributed by atoms with van der Waals surface area (Å²) in [6.45, 7) is 0. The lowest BCUT2D eigenvalue weighted by Gasteiger charge is -2.33. The predicted molar refractivity (Wildman–Crippen MR) is 260 cm³/mol. The minimum Gasteiger partial charge on any atom is -0.453 e. The Kier molecular flexibility index (Phi) is 8.08. The summed E-state index contributed by atoms with van der Waals surface area (Å²) in [4.78, 5) is 17.4. The van der Waals surface area contributed by atoms with E-state index in [9.17, 15) is 0 Å². The van der Waals surface area contributed by atoms with Crippen molar-refractivity contribution in [1.82, 2.24) is 24.1 Å². The number of rotatable bonds is 6. The lowest BCUT2D eigenvalue weighted by atomic mass is 10.1. The van der Waals surface area contributed by atoms with Gasteiger partial charge in [0.05, 0.1) is 39.1 Å². The highest BCUT2D eigenvalue weighted by molar-refractivity contribution is 6.26. The molecule has 0 atom stereocenters. The van der Waals surface area contributed by atoms with E-state index in [0.717, 1.165) is 84.1 Å². The number of fused-ring (bicyclic) bond motifs is 9. The molecule has 9 aromatic carbocycles. The third-order valence-electron chi connectivity index (χ3n) is 12.3. The number of anilines is 3. The molecule has 0 aliphatic carbocycles. The molecule has 0 saturated heterocycles. The van der Waals surface area contributed by atoms with Gasteiger partial charge in [0.2, 0.25) is 0 Å². The van der Waals surface area contributed by atoms with Gasteiger partial charge in [-0.2, -0.15) is 0 Å². The van der Waals surface area contributed by atoms with Crippen LogP contribution < -0.4 is 9.64 Å². The van der Waals surface area contributed by atoms with Crippen LogP contribution in [0.2, 0.25) is 0 Å². The minimum absolute atomic E-state index is 0.612. The second-order valence-corrected chi connectivity index (χ2v) is 16.0. The summed E-state index contributed by atoms with van der Waals surface area (Å²) >= 11 is 0. The van der Waals surface area contributed by atoms with Crippen molar-refractivity contribution in [3.05, 3.63) is 218 Å². The Morgan fingerprint density at radius 3 is 1.61 bits per heavy atom. The molecule has 1 aliphatic heterocycles. The molecule has 3 aromatic heterocycles. The van der Waals surface area contributed by atoms with Gasteiger partial charge in [0.25, 0.3) is 0 Å². The molecule has 7 nitrogen and oxygen atoms in total. The second kappa shape index (κ2) is 14.4. The summed E-state index contributed by atoms with van der Waals surface area (Å²) in [7, 11) is 0. The number of para-hydroxylation sites is 5. The number of benzene rings is 9. The average Bonchev–Trinajstić information content (AvgIpc) is 3.89. The van der Waals surface area contributed by atoms with E-state index >= 15 is 0 Å². The number of hydrogen-bond acceptors (Lipinski definition) is 5. The monoisotopic (exact) mass is 820 g/mol. The first-order valence-electron chi connectivity index (χ1n) is 21.4. The molecule has 0 spiro atoms. The van der Waals surface area contributed by atoms with Gasteiger partial charge in [0.1, 0.15) is 0 Å². The summed E-state index contributed by atoms with van der Waals surface area (Å²) in [6, 6.07) is 76.1. The van der Waals surface area contributed by atoms with Crippen LogP contribution >= 0.6 is 0 Å². The molecule has 64 heavy (non-hydrogen) atoms. The molecule has 1 aliphatic rings. The molecule has 0 fully saturated rings. The third kappa shape index (κ3) is 5.65. The van der Waals surface area contributed by atoms with Crippen LogP contribution in [0.3, 0.4) is 0 Å². The molecule has 0 N–H and O–H groups in total. The van der Waals surface area contributed by atoms with Gasteiger partial charge >= 0.3 is 0 Å². The van der Waals surface area contributed by atoms with Crippen LogP contribution in [0.4, 0.5) is 17.1 Å². The van der Waals surface area contributed by atoms with Crippen molar-refractivity contribution in [2.45, 2.75) is 0 Å². The lowest BCUT2D eigenvalue weighted by molar-refractivity contribution is 0.477. The highest BCUT2D eigenvalue weighted by Crippen LogP contribution is 2.51. The van der Waals surface area contributed by atoms with E-state index in [1.165, 1.54) is 16.2 Å². The predicted octanol–water partition coefficient (Wildman–Crippen LogP) is 14.6. The molecular weight excluding hydrogens is 785 g/mol. The largest absolute Gasteiger partial charge is 0.453 e. The molecule has 7 heteroatoms. The van der Waals surface area contributed by atoms with E-state index in [4.69, 9.17) is 19.7 Å². The smallest absolute Gasteiger partial charge is 0.164 e. The van der Waals surface area contributed by atoms with Gasteiger partial charge in [-0.1, -0.05) is 146 Å². The van der Waals surface area contributed by atoms with E-state index in [-0.39, 0.29) is 0 Å². The van der Waals surface area contributed by atoms with E-state index in [2.05, 4.69) is 160 Å². The standard InChI is InChI=1S/C57H36N6O/c1-4-17-37(18-5-1)55-58-56(38-19-6-2-7-20-38)60-57(59-55)39-21-16-24-41(35-39)62-47-28-13-11-26-45(47)53-50(62)34-32-44-43-25-10-12-27-46(43)63(54(44)53)42-31-33-49-52(36-42)64-51-30-15-14-29-48(51)61(49)40-22-8-3-9-23-40/h1-36H. The summed E-state index contributed by atoms with van der Waals surface area (Å²) in [5, 5.41) is 4.70. The van der Waals surface area contributed by atoms with Crippen LogP contribution in [-0.2, 0) is 0 Å². The molecule has 0 bridgehead atoms. The van der Waals surface area contributed by atoms with E-state index in [0.29, 0.717) is 17.5 Å². The zero-order valence-corrected chi connectivity index (χ0v) is 34.4. The van der Waals surface area contributed by atoms with Gasteiger partial charge in [-0.05, 0) is 66.7 Å². The average molecular weight is 821 g/mol. The SMILES string of the molecule is c1ccc(-c2nc(-c3ccccc3)nc(-c3cccc(-n4c5ccccc5c5c4ccc4c6ccccc6n(-c6ccc7c(c6)Oc6ccccc6N7c6ccccc6)c45)c3)n2)cc1. The molecule has 0 amide bonds. The Morgan fingerprint density at radius 1 is 0.328 bits per heavy atom. The van der Waals surface area contributed by atoms with Gasteiger partial charge in [-0.3, -0.25) is 0 Å². The summed E-state index contributed by atoms with van der Waals surface area (Å²) in [5.74, 6) is 3.48. The fourth-order valence-corrected chi connectivity index (χ4v) is 9.52. The van der Waals surface area contributed by atoms with Crippen molar-refractivity contribution in [3.8, 4) is 57.0 Å². The normalized spacial score (nSPS) is 12.2. The summed E-state index contributed by atoms with van der Waals surface area (Å²) in [6.07, 6.45) is 0. The molecule has 0 radical (unpaired) electrons. The Morgan fingerprint density at radius 2 is 0.875 bits per heavy atom. The maximum atomic E-state index is 6.75. The number of ether oxygens (including phenoxy) is 1. The number of nitrogens with zero attached hydrogens (tertiary/aromatic N) is 6. The van der Waals surface area contributed by atoms with Crippen molar-refractivity contribution in [2.24, 2.45) is 0 Å². The third-order valence-corrected chi connectivity index (χ3v) is 12.3. The van der Waals surface area contributed by atoms with Gasteiger partial charge < -0.3 is 18.8 Å². The lowest BCUT2D eigenvalue weighted by Crippen LogP contribution is -2.15. The van der Waals surface area contributed by atoms with Gasteiger partial charge in [0, 0.05) is 55.7 Å². The molecule has 13 rings (SSSR count). The quantitative estimate of drug-likeness (QED) is 0.167. The van der Waals surface area contributed by atoms with Gasteiger partial charge in [-0.15, -0.1) is 0 Å². The topological polar surface area (TPSA) is 61.0 Å². The van der Waals surface area contributed by atoms with Crippen molar-refractivity contribution in [1.29, 1.82) is 0 Å². The fraction of sp³-hybridized carbons (Fsp3) is 0. The van der Waals surface area contributed by atoms with Crippen molar-refractivity contribution in [3.63, 3.8) is 0 Å². The number of hydrogen-bond donors (Lipinski definition) is 0. The van der Waals surface area contributed by atoms with Crippen molar-refractivity contribution in [2.75, 3.05) is 4.90 Å². The summed E-state index contributed by atoms with van der Waals surface area (Å²) < 4.78 is 11.5. The fourth-order valence-electron chi connectivity index (χ4n) is 9.52. The maximum Gasteiger partial charge on any atom is 0.164 e. The van der Waals surface area contributed by atoms with E-state index < -0.39 is 0 Å². The van der Waals surface area contributed by atoms with Crippen LogP contribution in [0.5, 0.6) is 11.5 Å². The van der Waals surface area contributed by atoms with Crippen LogP contribution in [-0.4, -0.2) is 24.1 Å². The Labute approximate surface area is 368 Å². The van der Waals surface area contributed by atoms with Gasteiger partial charge in [0.15, 0.2) is 29.0 Å². The van der Waals surface area contributed by atoms with Crippen molar-refractivity contribution < 1.29 is 4.74 Å². The first kappa shape index (κ1) is 35.9. The molecule has 12 aromatic rings. The summed E-state index contributed by atoms with van der Waals surface area (Å²) in [5.41, 5.74) is 12.3. The van der Waals surface area contributed by atoms with Crippen LogP contribution in [0.25, 0.3) is 89.2 Å². The molecule has 0 unspecified atom stereocenters. The van der Waals surface area contributed by atoms with E-state index in [1.54, 1.807) is 0 Å². The van der Waals surface area contributed by atoms with Crippen LogP contribution in [0.1, 0.15) is 0 Å². The minimum atomic E-state index is 0.612. The molecule has 0 saturated carbocycles. The zero-order valence-electron chi connectivity index (χ0n) is 34.4. The number of aromatic nitrogens is 5. The second-order valence-electron chi connectivity index (χ2n) is 16.0. The highest BCUT2D eigenvalue weighted by Gasteiger charge is 2.27. The Balaban J connectivity index is 1.02. The first-order chi connectivity index (χ1) is 31.7. The maximum absolute atomic E-state index is 6.75. The Bertz CT molecular complexity index is 3710. The molecular formula is C57H36N6O. The molecule has 300 valence electrons. The zero-order chi connectivity index (χ0) is 42.1. The highest BCUT2D eigenvalue weighted by atomic mass is 16.5. The van der Waals surface area contributed by atoms with Crippen LogP contribution in [0.15, 0.2) is 218 Å².